The molecule has 5 heteroatoms. The van der Waals surface area contributed by atoms with Gasteiger partial charge in [0.2, 0.25) is 0 Å². The van der Waals surface area contributed by atoms with Gasteiger partial charge in [-0.25, -0.2) is 0 Å². The summed E-state index contributed by atoms with van der Waals surface area (Å²) >= 11 is 0. The molecule has 13 rings (SSSR count). The number of anilines is 10. The lowest BCUT2D eigenvalue weighted by atomic mass is 9.84. The van der Waals surface area contributed by atoms with Crippen molar-refractivity contribution in [1.29, 1.82) is 0 Å². The summed E-state index contributed by atoms with van der Waals surface area (Å²) in [5, 5.41) is 7.02. The SMILES string of the molecule is CN1c2ccccc2N(c2ccc3c(-c4nccc5ccccc45)c4cc(N5c6ccccc6N(C)c6ccccc65)ccc4c(-c4ccc5c(c4)CCC=C5)c3c2)c2ccccc21. The van der Waals surface area contributed by atoms with Gasteiger partial charge in [0.25, 0.3) is 0 Å². The van der Waals surface area contributed by atoms with E-state index in [9.17, 15) is 0 Å². The molecular weight excluding hydrogens is 779 g/mol. The van der Waals surface area contributed by atoms with Gasteiger partial charge in [-0.3, -0.25) is 4.98 Å². The molecule has 3 heterocycles. The van der Waals surface area contributed by atoms with E-state index in [2.05, 4.69) is 228 Å². The molecular formula is C59H43N5. The number of allylic oxidation sites excluding steroid dienone is 1. The number of hydrogen-bond acceptors (Lipinski definition) is 5. The Bertz CT molecular complexity index is 3490. The van der Waals surface area contributed by atoms with Crippen molar-refractivity contribution in [2.45, 2.75) is 12.8 Å². The van der Waals surface area contributed by atoms with Crippen LogP contribution in [0.4, 0.5) is 56.9 Å². The molecule has 0 fully saturated rings. The van der Waals surface area contributed by atoms with E-state index in [0.717, 1.165) is 63.6 Å². The van der Waals surface area contributed by atoms with Crippen molar-refractivity contribution >= 4 is 95.3 Å². The van der Waals surface area contributed by atoms with Gasteiger partial charge in [-0.15, -0.1) is 0 Å². The predicted molar refractivity (Wildman–Crippen MR) is 270 cm³/mol. The fourth-order valence-corrected chi connectivity index (χ4v) is 10.8. The summed E-state index contributed by atoms with van der Waals surface area (Å²) in [6, 6.07) is 67.1. The third kappa shape index (κ3) is 5.40. The molecule has 0 saturated carbocycles. The first kappa shape index (κ1) is 36.5. The van der Waals surface area contributed by atoms with Crippen LogP contribution in [0.3, 0.4) is 0 Å². The van der Waals surface area contributed by atoms with Gasteiger partial charge in [-0.2, -0.15) is 0 Å². The second-order valence-electron chi connectivity index (χ2n) is 17.2. The summed E-state index contributed by atoms with van der Waals surface area (Å²) in [5.41, 5.74) is 18.7. The largest absolute Gasteiger partial charge is 0.341 e. The van der Waals surface area contributed by atoms with Crippen molar-refractivity contribution in [1.82, 2.24) is 4.98 Å². The first-order valence-corrected chi connectivity index (χ1v) is 22.2. The third-order valence-corrected chi connectivity index (χ3v) is 13.8. The van der Waals surface area contributed by atoms with Crippen molar-refractivity contribution in [3.8, 4) is 22.4 Å². The molecule has 10 aromatic rings. The Hall–Kier alpha value is -8.15. The highest BCUT2D eigenvalue weighted by molar-refractivity contribution is 6.24. The van der Waals surface area contributed by atoms with E-state index in [1.807, 2.05) is 6.20 Å². The van der Waals surface area contributed by atoms with Crippen LogP contribution in [0.5, 0.6) is 0 Å². The second-order valence-corrected chi connectivity index (χ2v) is 17.2. The first-order chi connectivity index (χ1) is 31.6. The van der Waals surface area contributed by atoms with E-state index in [4.69, 9.17) is 4.98 Å². The quantitative estimate of drug-likeness (QED) is 0.165. The smallest absolute Gasteiger partial charge is 0.0792 e. The highest BCUT2D eigenvalue weighted by atomic mass is 15.3. The predicted octanol–water partition coefficient (Wildman–Crippen LogP) is 15.9. The fourth-order valence-electron chi connectivity index (χ4n) is 10.8. The number of fused-ring (bicyclic) bond motifs is 8. The van der Waals surface area contributed by atoms with Gasteiger partial charge < -0.3 is 19.6 Å². The molecule has 1 aromatic heterocycles. The Morgan fingerprint density at radius 3 is 1.50 bits per heavy atom. The lowest BCUT2D eigenvalue weighted by Gasteiger charge is -2.39. The summed E-state index contributed by atoms with van der Waals surface area (Å²) in [4.78, 5) is 14.8. The van der Waals surface area contributed by atoms with E-state index < -0.39 is 0 Å². The molecule has 1 aliphatic carbocycles. The topological polar surface area (TPSA) is 25.9 Å². The summed E-state index contributed by atoms with van der Waals surface area (Å²) in [6.07, 6.45) is 8.64. The summed E-state index contributed by atoms with van der Waals surface area (Å²) in [5.74, 6) is 0. The number of nitrogens with zero attached hydrogens (tertiary/aromatic N) is 5. The molecule has 0 bridgehead atoms. The number of aryl methyl sites for hydroxylation is 1. The van der Waals surface area contributed by atoms with Crippen LogP contribution < -0.4 is 19.6 Å². The van der Waals surface area contributed by atoms with E-state index in [1.165, 1.54) is 71.9 Å². The monoisotopic (exact) mass is 821 g/mol. The van der Waals surface area contributed by atoms with Gasteiger partial charge in [-0.1, -0.05) is 115 Å². The van der Waals surface area contributed by atoms with Gasteiger partial charge >= 0.3 is 0 Å². The third-order valence-electron chi connectivity index (χ3n) is 13.8. The number of benzene rings is 9. The minimum Gasteiger partial charge on any atom is -0.341 e. The van der Waals surface area contributed by atoms with E-state index in [0.29, 0.717) is 0 Å². The number of para-hydroxylation sites is 8. The number of aromatic nitrogens is 1. The van der Waals surface area contributed by atoms with Crippen molar-refractivity contribution < 1.29 is 0 Å². The molecule has 9 aromatic carbocycles. The average molecular weight is 822 g/mol. The Morgan fingerprint density at radius 2 is 0.922 bits per heavy atom. The lowest BCUT2D eigenvalue weighted by Crippen LogP contribution is -2.24. The fraction of sp³-hybridized carbons (Fsp3) is 0.0678. The Morgan fingerprint density at radius 1 is 0.422 bits per heavy atom. The van der Waals surface area contributed by atoms with E-state index >= 15 is 0 Å². The van der Waals surface area contributed by atoms with Gasteiger partial charge in [0, 0.05) is 42.6 Å². The highest BCUT2D eigenvalue weighted by Gasteiger charge is 2.31. The van der Waals surface area contributed by atoms with Crippen molar-refractivity contribution in [2.24, 2.45) is 0 Å². The van der Waals surface area contributed by atoms with Gasteiger partial charge in [-0.05, 0) is 141 Å². The van der Waals surface area contributed by atoms with Crippen molar-refractivity contribution in [2.75, 3.05) is 33.7 Å². The highest BCUT2D eigenvalue weighted by Crippen LogP contribution is 2.55. The number of hydrogen-bond donors (Lipinski definition) is 0. The van der Waals surface area contributed by atoms with E-state index in [1.54, 1.807) is 0 Å². The molecule has 304 valence electrons. The maximum absolute atomic E-state index is 5.30. The van der Waals surface area contributed by atoms with Gasteiger partial charge in [0.05, 0.1) is 51.2 Å². The van der Waals surface area contributed by atoms with Crippen LogP contribution in [-0.4, -0.2) is 19.1 Å². The van der Waals surface area contributed by atoms with Crippen LogP contribution in [0, 0.1) is 0 Å². The minimum atomic E-state index is 0.981. The second kappa shape index (κ2) is 14.2. The Kier molecular flexibility index (Phi) is 8.10. The molecule has 2 aliphatic heterocycles. The maximum atomic E-state index is 5.30. The maximum Gasteiger partial charge on any atom is 0.0792 e. The molecule has 0 unspecified atom stereocenters. The Labute approximate surface area is 373 Å². The zero-order valence-corrected chi connectivity index (χ0v) is 35.7. The van der Waals surface area contributed by atoms with E-state index in [-0.39, 0.29) is 0 Å². The molecule has 64 heavy (non-hydrogen) atoms. The van der Waals surface area contributed by atoms with Crippen LogP contribution in [0.15, 0.2) is 194 Å². The molecule has 3 aliphatic rings. The van der Waals surface area contributed by atoms with Crippen LogP contribution in [0.1, 0.15) is 17.5 Å². The average Bonchev–Trinajstić information content (AvgIpc) is 3.35. The molecule has 5 nitrogen and oxygen atoms in total. The summed E-state index contributed by atoms with van der Waals surface area (Å²) < 4.78 is 0. The summed E-state index contributed by atoms with van der Waals surface area (Å²) in [7, 11) is 4.34. The van der Waals surface area contributed by atoms with Gasteiger partial charge in [0.15, 0.2) is 0 Å². The van der Waals surface area contributed by atoms with Gasteiger partial charge in [0.1, 0.15) is 0 Å². The van der Waals surface area contributed by atoms with Crippen LogP contribution in [-0.2, 0) is 6.42 Å². The van der Waals surface area contributed by atoms with Crippen LogP contribution in [0.2, 0.25) is 0 Å². The first-order valence-electron chi connectivity index (χ1n) is 22.2. The molecule has 0 atom stereocenters. The molecule has 0 spiro atoms. The van der Waals surface area contributed by atoms with Crippen LogP contribution >= 0.6 is 0 Å². The molecule has 0 radical (unpaired) electrons. The van der Waals surface area contributed by atoms with Crippen molar-refractivity contribution in [3.05, 3.63) is 205 Å². The molecule has 0 N–H and O–H groups in total. The standard InChI is InChI=1S/C59H43N5/c1-61-49-19-7-11-23-53(49)63(54-24-12-8-20-50(54)61)42-30-32-46-47(36-42)57(41-28-27-38-15-3-4-17-40(38)35-41)45-31-29-43(37-48(45)58(46)59-44-18-6-5-16-39(44)33-34-60-59)64-55-25-13-9-21-51(55)62(2)52-22-10-14-26-56(52)64/h3,5-16,18-37H,4,17H2,1-2H3. The number of rotatable bonds is 4. The minimum absolute atomic E-state index is 0.981. The normalized spacial score (nSPS) is 13.8. The molecule has 0 amide bonds. The number of pyridine rings is 1. The lowest BCUT2D eigenvalue weighted by molar-refractivity contribution is 0.986. The van der Waals surface area contributed by atoms with Crippen molar-refractivity contribution in [3.63, 3.8) is 0 Å². The zero-order valence-electron chi connectivity index (χ0n) is 35.7. The van der Waals surface area contributed by atoms with Crippen LogP contribution in [0.25, 0.3) is 60.8 Å². The Balaban J connectivity index is 1.16. The zero-order chi connectivity index (χ0) is 42.5. The molecule has 0 saturated heterocycles. The summed E-state index contributed by atoms with van der Waals surface area (Å²) in [6.45, 7) is 0.